The van der Waals surface area contributed by atoms with Gasteiger partial charge in [0.15, 0.2) is 11.4 Å². The molecule has 0 radical (unpaired) electrons. The van der Waals surface area contributed by atoms with Crippen LogP contribution in [0.5, 0.6) is 0 Å². The maximum atomic E-state index is 6.44. The van der Waals surface area contributed by atoms with Crippen molar-refractivity contribution < 1.29 is 8.83 Å². The van der Waals surface area contributed by atoms with E-state index in [0.717, 1.165) is 77.5 Å². The predicted molar refractivity (Wildman–Crippen MR) is 176 cm³/mol. The Balaban J connectivity index is 1.29. The van der Waals surface area contributed by atoms with Gasteiger partial charge >= 0.3 is 0 Å². The second kappa shape index (κ2) is 9.75. The Morgan fingerprint density at radius 1 is 0.432 bits per heavy atom. The van der Waals surface area contributed by atoms with E-state index in [9.17, 15) is 0 Å². The van der Waals surface area contributed by atoms with Crippen molar-refractivity contribution in [2.24, 2.45) is 0 Å². The zero-order valence-electron chi connectivity index (χ0n) is 23.4. The standard InChI is InChI=1S/C39H23N3O2/c1-4-10-25(11-5-1)31-23-32(41-38(40-31)26-12-6-2-7-13-26)28-17-16-24-18-20-33-35(29(24)22-28)36-34(43-33)21-19-30-37(36)44-39(42-30)27-14-8-3-9-15-27/h1-23H. The molecule has 3 aromatic heterocycles. The highest BCUT2D eigenvalue weighted by molar-refractivity contribution is 6.25. The molecule has 44 heavy (non-hydrogen) atoms. The summed E-state index contributed by atoms with van der Waals surface area (Å²) in [5.74, 6) is 1.28. The second-order valence-corrected chi connectivity index (χ2v) is 10.8. The Labute approximate surface area is 252 Å². The van der Waals surface area contributed by atoms with E-state index in [2.05, 4.69) is 42.5 Å². The van der Waals surface area contributed by atoms with Crippen LogP contribution in [0.1, 0.15) is 0 Å². The van der Waals surface area contributed by atoms with E-state index in [1.807, 2.05) is 97.1 Å². The maximum absolute atomic E-state index is 6.44. The molecule has 5 nitrogen and oxygen atoms in total. The first-order valence-corrected chi connectivity index (χ1v) is 14.5. The van der Waals surface area contributed by atoms with Crippen molar-refractivity contribution in [2.45, 2.75) is 0 Å². The van der Waals surface area contributed by atoms with Crippen LogP contribution in [-0.4, -0.2) is 15.0 Å². The van der Waals surface area contributed by atoms with Crippen molar-refractivity contribution in [3.63, 3.8) is 0 Å². The van der Waals surface area contributed by atoms with Gasteiger partial charge in [0.05, 0.1) is 16.8 Å². The monoisotopic (exact) mass is 565 g/mol. The van der Waals surface area contributed by atoms with Crippen molar-refractivity contribution in [1.29, 1.82) is 0 Å². The summed E-state index contributed by atoms with van der Waals surface area (Å²) in [4.78, 5) is 14.8. The van der Waals surface area contributed by atoms with Crippen LogP contribution < -0.4 is 0 Å². The number of fused-ring (bicyclic) bond motifs is 7. The molecule has 0 saturated heterocycles. The summed E-state index contributed by atoms with van der Waals surface area (Å²) in [6, 6.07) is 46.9. The van der Waals surface area contributed by atoms with Crippen LogP contribution in [0.2, 0.25) is 0 Å². The Bertz CT molecular complexity index is 2420. The molecule has 0 aliphatic heterocycles. The van der Waals surface area contributed by atoms with E-state index in [0.29, 0.717) is 11.7 Å². The van der Waals surface area contributed by atoms with E-state index in [4.69, 9.17) is 23.8 Å². The van der Waals surface area contributed by atoms with Crippen molar-refractivity contribution in [3.05, 3.63) is 140 Å². The number of oxazole rings is 1. The molecule has 3 heterocycles. The fourth-order valence-electron chi connectivity index (χ4n) is 5.99. The smallest absolute Gasteiger partial charge is 0.227 e. The predicted octanol–water partition coefficient (Wildman–Crippen LogP) is 10.3. The van der Waals surface area contributed by atoms with Gasteiger partial charge in [-0.05, 0) is 53.2 Å². The molecule has 9 rings (SSSR count). The normalized spacial score (nSPS) is 11.6. The molecule has 6 aromatic carbocycles. The Hall–Kier alpha value is -6.07. The molecule has 0 bridgehead atoms. The summed E-state index contributed by atoms with van der Waals surface area (Å²) in [5, 5.41) is 4.09. The topological polar surface area (TPSA) is 65.0 Å². The molecule has 0 fully saturated rings. The molecule has 0 spiro atoms. The van der Waals surface area contributed by atoms with Gasteiger partial charge in [-0.25, -0.2) is 15.0 Å². The summed E-state index contributed by atoms with van der Waals surface area (Å²) >= 11 is 0. The van der Waals surface area contributed by atoms with Crippen molar-refractivity contribution in [1.82, 2.24) is 15.0 Å². The van der Waals surface area contributed by atoms with E-state index in [1.54, 1.807) is 0 Å². The third-order valence-electron chi connectivity index (χ3n) is 8.12. The minimum absolute atomic E-state index is 0.589. The minimum atomic E-state index is 0.589. The average Bonchev–Trinajstić information content (AvgIpc) is 3.71. The highest BCUT2D eigenvalue weighted by atomic mass is 16.4. The Kier molecular flexibility index (Phi) is 5.43. The molecule has 0 aliphatic carbocycles. The number of hydrogen-bond donors (Lipinski definition) is 0. The third kappa shape index (κ3) is 3.98. The van der Waals surface area contributed by atoms with Crippen molar-refractivity contribution >= 4 is 43.8 Å². The molecule has 0 unspecified atom stereocenters. The number of benzene rings is 6. The largest absolute Gasteiger partial charge is 0.456 e. The minimum Gasteiger partial charge on any atom is -0.456 e. The molecular weight excluding hydrogens is 542 g/mol. The average molecular weight is 566 g/mol. The zero-order chi connectivity index (χ0) is 29.0. The van der Waals surface area contributed by atoms with Crippen LogP contribution >= 0.6 is 0 Å². The highest BCUT2D eigenvalue weighted by Crippen LogP contribution is 2.41. The molecule has 0 aliphatic rings. The number of rotatable bonds is 4. The van der Waals surface area contributed by atoms with Crippen molar-refractivity contribution in [3.8, 4) is 45.4 Å². The number of aromatic nitrogens is 3. The SMILES string of the molecule is c1ccc(-c2cc(-c3ccc4ccc5oc6ccc7nc(-c8ccccc8)oc7c6c5c4c3)nc(-c3ccccc3)n2)cc1. The molecule has 5 heteroatoms. The van der Waals surface area contributed by atoms with Gasteiger partial charge in [-0.1, -0.05) is 97.1 Å². The molecule has 0 saturated carbocycles. The lowest BCUT2D eigenvalue weighted by molar-refractivity contribution is 0.622. The fraction of sp³-hybridized carbons (Fsp3) is 0. The van der Waals surface area contributed by atoms with Crippen molar-refractivity contribution in [2.75, 3.05) is 0 Å². The van der Waals surface area contributed by atoms with E-state index in [1.165, 1.54) is 0 Å². The van der Waals surface area contributed by atoms with Crippen LogP contribution in [0, 0.1) is 0 Å². The molecule has 0 N–H and O–H groups in total. The quantitative estimate of drug-likeness (QED) is 0.212. The molecule has 0 atom stereocenters. The van der Waals surface area contributed by atoms with Gasteiger partial charge in [-0.2, -0.15) is 0 Å². The van der Waals surface area contributed by atoms with E-state index >= 15 is 0 Å². The summed E-state index contributed by atoms with van der Waals surface area (Å²) in [6.07, 6.45) is 0. The number of hydrogen-bond acceptors (Lipinski definition) is 5. The van der Waals surface area contributed by atoms with Gasteiger partial charge in [-0.15, -0.1) is 0 Å². The van der Waals surface area contributed by atoms with E-state index < -0.39 is 0 Å². The van der Waals surface area contributed by atoms with Gasteiger partial charge in [0.2, 0.25) is 5.89 Å². The van der Waals surface area contributed by atoms with Crippen LogP contribution in [0.4, 0.5) is 0 Å². The summed E-state index contributed by atoms with van der Waals surface area (Å²) in [7, 11) is 0. The van der Waals surface area contributed by atoms with Gasteiger partial charge in [-0.3, -0.25) is 0 Å². The van der Waals surface area contributed by atoms with Gasteiger partial charge < -0.3 is 8.83 Å². The lowest BCUT2D eigenvalue weighted by Crippen LogP contribution is -1.95. The molecule has 206 valence electrons. The van der Waals surface area contributed by atoms with Crippen LogP contribution in [0.3, 0.4) is 0 Å². The molecular formula is C39H23N3O2. The first-order valence-electron chi connectivity index (χ1n) is 14.5. The lowest BCUT2D eigenvalue weighted by atomic mass is 9.99. The Morgan fingerprint density at radius 3 is 1.80 bits per heavy atom. The second-order valence-electron chi connectivity index (χ2n) is 10.8. The summed E-state index contributed by atoms with van der Waals surface area (Å²) < 4.78 is 12.8. The lowest BCUT2D eigenvalue weighted by Gasteiger charge is -2.10. The van der Waals surface area contributed by atoms with Gasteiger partial charge in [0.25, 0.3) is 0 Å². The summed E-state index contributed by atoms with van der Waals surface area (Å²) in [6.45, 7) is 0. The Morgan fingerprint density at radius 2 is 1.05 bits per heavy atom. The fourth-order valence-corrected chi connectivity index (χ4v) is 5.99. The van der Waals surface area contributed by atoms with Gasteiger partial charge in [0.1, 0.15) is 16.7 Å². The third-order valence-corrected chi connectivity index (χ3v) is 8.12. The van der Waals surface area contributed by atoms with Crippen LogP contribution in [0.25, 0.3) is 89.2 Å². The number of furan rings is 1. The van der Waals surface area contributed by atoms with E-state index in [-0.39, 0.29) is 0 Å². The maximum Gasteiger partial charge on any atom is 0.227 e. The first kappa shape index (κ1) is 24.5. The molecule has 9 aromatic rings. The van der Waals surface area contributed by atoms with Gasteiger partial charge in [0, 0.05) is 27.6 Å². The van der Waals surface area contributed by atoms with Crippen LogP contribution in [0.15, 0.2) is 148 Å². The van der Waals surface area contributed by atoms with Crippen LogP contribution in [-0.2, 0) is 0 Å². The zero-order valence-corrected chi connectivity index (χ0v) is 23.4. The molecule has 0 amide bonds. The first-order chi connectivity index (χ1) is 21.8. The summed E-state index contributed by atoms with van der Waals surface area (Å²) in [5.41, 5.74) is 8.74. The number of nitrogens with zero attached hydrogens (tertiary/aromatic N) is 3. The highest BCUT2D eigenvalue weighted by Gasteiger charge is 2.19.